The number of allylic oxidation sites excluding steroid dienone is 6. The third-order valence-electron chi connectivity index (χ3n) is 8.52. The highest BCUT2D eigenvalue weighted by atomic mass is 35.6. The molecule has 1 fully saturated rings. The van der Waals surface area contributed by atoms with Gasteiger partial charge in [-0.2, -0.15) is 0 Å². The van der Waals surface area contributed by atoms with Gasteiger partial charge in [-0.05, 0) is 78.9 Å². The second-order valence-corrected chi connectivity index (χ2v) is 17.4. The monoisotopic (exact) mass is 857 g/mol. The van der Waals surface area contributed by atoms with Gasteiger partial charge in [0.2, 0.25) is 7.59 Å². The summed E-state index contributed by atoms with van der Waals surface area (Å²) >= 11 is 35.8. The average molecular weight is 860 g/mol. The zero-order chi connectivity index (χ0) is 39.8. The van der Waals surface area contributed by atoms with E-state index in [9.17, 15) is 9.59 Å². The summed E-state index contributed by atoms with van der Waals surface area (Å²) in [6.07, 6.45) is 14.0. The molecule has 286 valence electrons. The summed E-state index contributed by atoms with van der Waals surface area (Å²) in [5.74, 6) is -0.254. The van der Waals surface area contributed by atoms with Gasteiger partial charge in [0.05, 0.1) is 0 Å². The second kappa shape index (κ2) is 18.8. The van der Waals surface area contributed by atoms with Crippen LogP contribution in [0.3, 0.4) is 0 Å². The van der Waals surface area contributed by atoms with Crippen LogP contribution in [0.25, 0.3) is 23.5 Å². The molecule has 3 aromatic carbocycles. The molecule has 0 spiro atoms. The average Bonchev–Trinajstić information content (AvgIpc) is 3.49. The number of halogens is 6. The van der Waals surface area contributed by atoms with Crippen LogP contribution in [0.4, 0.5) is 11.4 Å². The molecule has 55 heavy (non-hydrogen) atoms. The number of carbonyl (C=O) groups excluding carboxylic acids is 2. The fourth-order valence-corrected chi connectivity index (χ4v) is 6.00. The van der Waals surface area contributed by atoms with Crippen LogP contribution in [0.15, 0.2) is 108 Å². The zero-order valence-electron chi connectivity index (χ0n) is 30.2. The van der Waals surface area contributed by atoms with Crippen LogP contribution in [0.5, 0.6) is 5.75 Å². The number of alkyl halides is 6. The maximum atomic E-state index is 12.9. The number of hydrogen-bond donors (Lipinski definition) is 0. The highest BCUT2D eigenvalue weighted by molar-refractivity contribution is 6.67. The van der Waals surface area contributed by atoms with Gasteiger partial charge in [0.25, 0.3) is 0 Å². The third kappa shape index (κ3) is 12.3. The third-order valence-corrected chi connectivity index (χ3v) is 9.54. The van der Waals surface area contributed by atoms with Crippen molar-refractivity contribution in [2.45, 2.75) is 33.3 Å². The Bertz CT molecular complexity index is 2070. The summed E-state index contributed by atoms with van der Waals surface area (Å²) in [6, 6.07) is 22.8. The minimum Gasteiger partial charge on any atom is -0.427 e. The number of hydrogen-bond acceptors (Lipinski definition) is 8. The van der Waals surface area contributed by atoms with Gasteiger partial charge in [-0.15, -0.1) is 0 Å². The van der Waals surface area contributed by atoms with Crippen LogP contribution in [-0.4, -0.2) is 54.4 Å². The first-order valence-electron chi connectivity index (χ1n) is 17.2. The zero-order valence-corrected chi connectivity index (χ0v) is 34.7. The van der Waals surface area contributed by atoms with Crippen molar-refractivity contribution in [3.05, 3.63) is 131 Å². The quantitative estimate of drug-likeness (QED) is 0.0602. The summed E-state index contributed by atoms with van der Waals surface area (Å²) in [5, 5.41) is 0. The minimum atomic E-state index is -1.98. The van der Waals surface area contributed by atoms with Crippen molar-refractivity contribution in [3.8, 4) is 17.1 Å². The van der Waals surface area contributed by atoms with Crippen molar-refractivity contribution in [1.29, 1.82) is 0 Å². The molecule has 5 rings (SSSR count). The SMILES string of the molecule is CN(C)c1ccc(/C=C/C=C2\CC/C(=C\C=C\c3ccc(N(C)CCCC(=O)Oc4ccc(-c5nc(C(Cl)(Cl)Cl)nc(C(Cl)(Cl)Cl)n5)cc4)cc3)C2=O)cc1. The first kappa shape index (κ1) is 42.3. The Kier molecular flexibility index (Phi) is 14.5. The number of Topliss-reactive ketones (excluding diaryl/α,β-unsaturated/α-hetero) is 1. The standard InChI is InChI=1S/C41H37Cl6N5O3/c1-51(2)32-20-12-27(13-21-32)7-4-9-29-16-17-30(36(29)54)10-5-8-28-14-22-33(23-15-28)52(3)26-6-11-35(53)55-34-24-18-31(19-25-34)37-48-38(40(42,43)44)50-39(49-37)41(45,46)47/h4-5,7-10,12-15,18-25H,6,11,16-17,26H2,1-3H3/b7-4+,8-5+,29-9+,30-10+. The topological polar surface area (TPSA) is 88.5 Å². The molecular weight excluding hydrogens is 823 g/mol. The number of benzene rings is 3. The molecular formula is C41H37Cl6N5O3. The molecule has 8 nitrogen and oxygen atoms in total. The highest BCUT2D eigenvalue weighted by Crippen LogP contribution is 2.41. The van der Waals surface area contributed by atoms with Crippen LogP contribution in [0.1, 0.15) is 48.5 Å². The number of esters is 1. The van der Waals surface area contributed by atoms with Gasteiger partial charge in [-0.1, -0.05) is 130 Å². The molecule has 0 amide bonds. The van der Waals surface area contributed by atoms with E-state index in [1.165, 1.54) is 0 Å². The lowest BCUT2D eigenvalue weighted by atomic mass is 10.1. The molecule has 1 aliphatic carbocycles. The molecule has 1 saturated carbocycles. The molecule has 1 aliphatic rings. The molecule has 0 saturated heterocycles. The smallest absolute Gasteiger partial charge is 0.311 e. The first-order chi connectivity index (χ1) is 26.1. The number of ketones is 1. The van der Waals surface area contributed by atoms with E-state index in [-0.39, 0.29) is 35.6 Å². The van der Waals surface area contributed by atoms with Gasteiger partial charge in [0.15, 0.2) is 23.3 Å². The predicted octanol–water partition coefficient (Wildman–Crippen LogP) is 11.0. The molecule has 4 aromatic rings. The fraction of sp³-hybridized carbons (Fsp3) is 0.244. The molecule has 14 heteroatoms. The number of ether oxygens (including phenoxy) is 1. The fourth-order valence-electron chi connectivity index (χ4n) is 5.50. The number of anilines is 2. The van der Waals surface area contributed by atoms with Crippen LogP contribution in [-0.2, 0) is 17.2 Å². The summed E-state index contributed by atoms with van der Waals surface area (Å²) in [5.41, 5.74) is 6.38. The van der Waals surface area contributed by atoms with Crippen LogP contribution < -0.4 is 14.5 Å². The van der Waals surface area contributed by atoms with Crippen molar-refractivity contribution in [1.82, 2.24) is 15.0 Å². The van der Waals surface area contributed by atoms with E-state index in [4.69, 9.17) is 74.3 Å². The Hall–Kier alpha value is -3.89. The number of rotatable bonds is 12. The molecule has 0 aliphatic heterocycles. The lowest BCUT2D eigenvalue weighted by molar-refractivity contribution is -0.134. The number of nitrogens with zero attached hydrogens (tertiary/aromatic N) is 5. The van der Waals surface area contributed by atoms with Gasteiger partial charge >= 0.3 is 5.97 Å². The minimum absolute atomic E-state index is 0.0998. The maximum absolute atomic E-state index is 12.9. The Morgan fingerprint density at radius 2 is 1.20 bits per heavy atom. The Balaban J connectivity index is 1.07. The van der Waals surface area contributed by atoms with Crippen molar-refractivity contribution >= 4 is 105 Å². The summed E-state index contributed by atoms with van der Waals surface area (Å²) in [4.78, 5) is 42.0. The second-order valence-electron chi connectivity index (χ2n) is 12.8. The van der Waals surface area contributed by atoms with Gasteiger partial charge < -0.3 is 14.5 Å². The Morgan fingerprint density at radius 1 is 0.709 bits per heavy atom. The van der Waals surface area contributed by atoms with Crippen molar-refractivity contribution in [3.63, 3.8) is 0 Å². The van der Waals surface area contributed by atoms with E-state index in [0.717, 1.165) is 46.5 Å². The molecule has 0 radical (unpaired) electrons. The van der Waals surface area contributed by atoms with E-state index in [1.54, 1.807) is 24.3 Å². The van der Waals surface area contributed by atoms with Crippen LogP contribution >= 0.6 is 69.6 Å². The largest absolute Gasteiger partial charge is 0.427 e. The summed E-state index contributed by atoms with van der Waals surface area (Å²) in [7, 11) is 5.99. The molecule has 0 bridgehead atoms. The predicted molar refractivity (Wildman–Crippen MR) is 228 cm³/mol. The van der Waals surface area contributed by atoms with Crippen LogP contribution in [0.2, 0.25) is 0 Å². The lowest BCUT2D eigenvalue weighted by Gasteiger charge is -2.19. The number of aromatic nitrogens is 3. The molecule has 0 atom stereocenters. The molecule has 1 aromatic heterocycles. The highest BCUT2D eigenvalue weighted by Gasteiger charge is 2.34. The van der Waals surface area contributed by atoms with Gasteiger partial charge in [0, 0.05) is 62.2 Å². The Labute approximate surface area is 351 Å². The van der Waals surface area contributed by atoms with Gasteiger partial charge in [0.1, 0.15) is 5.75 Å². The molecule has 0 unspecified atom stereocenters. The van der Waals surface area contributed by atoms with E-state index >= 15 is 0 Å². The van der Waals surface area contributed by atoms with Gasteiger partial charge in [-0.25, -0.2) is 15.0 Å². The normalized spacial score (nSPS) is 15.1. The van der Waals surface area contributed by atoms with E-state index < -0.39 is 7.59 Å². The van der Waals surface area contributed by atoms with Crippen molar-refractivity contribution in [2.24, 2.45) is 0 Å². The lowest BCUT2D eigenvalue weighted by Crippen LogP contribution is -2.20. The number of carbonyl (C=O) groups is 2. The van der Waals surface area contributed by atoms with Gasteiger partial charge in [-0.3, -0.25) is 9.59 Å². The Morgan fingerprint density at radius 3 is 1.67 bits per heavy atom. The maximum Gasteiger partial charge on any atom is 0.311 e. The van der Waals surface area contributed by atoms with E-state index in [1.807, 2.05) is 81.9 Å². The molecule has 0 N–H and O–H groups in total. The van der Waals surface area contributed by atoms with Crippen LogP contribution in [0, 0.1) is 0 Å². The summed E-state index contributed by atoms with van der Waals surface area (Å²) < 4.78 is 1.56. The van der Waals surface area contributed by atoms with E-state index in [2.05, 4.69) is 49.0 Å². The molecule has 1 heterocycles. The first-order valence-corrected chi connectivity index (χ1v) is 19.4. The van der Waals surface area contributed by atoms with Crippen molar-refractivity contribution in [2.75, 3.05) is 37.5 Å². The van der Waals surface area contributed by atoms with Crippen molar-refractivity contribution < 1.29 is 14.3 Å². The van der Waals surface area contributed by atoms with E-state index in [0.29, 0.717) is 24.3 Å². The summed E-state index contributed by atoms with van der Waals surface area (Å²) in [6.45, 7) is 0.641.